The molecule has 1 heterocycles. The van der Waals surface area contributed by atoms with Gasteiger partial charge in [0.15, 0.2) is 5.69 Å². The Labute approximate surface area is 123 Å². The zero-order chi connectivity index (χ0) is 14.7. The summed E-state index contributed by atoms with van der Waals surface area (Å²) < 4.78 is 0. The molecule has 1 aliphatic carbocycles. The lowest BCUT2D eigenvalue weighted by Crippen LogP contribution is -2.25. The number of H-pyrrole nitrogens is 1. The molecule has 0 unspecified atom stereocenters. The third-order valence-electron chi connectivity index (χ3n) is 3.92. The summed E-state index contributed by atoms with van der Waals surface area (Å²) in [6.45, 7) is 0.654. The first-order valence-corrected chi connectivity index (χ1v) is 7.44. The Bertz CT molecular complexity index is 687. The van der Waals surface area contributed by atoms with Crippen LogP contribution < -0.4 is 11.1 Å². The van der Waals surface area contributed by atoms with Crippen LogP contribution in [0, 0.1) is 0 Å². The molecule has 0 saturated carbocycles. The van der Waals surface area contributed by atoms with E-state index >= 15 is 0 Å². The fraction of sp³-hybridized carbons (Fsp3) is 0.375. The SMILES string of the molecule is Nc1ccc2[nH]nc(C(=O)NCCC3=CCCCC3)c2c1. The highest BCUT2D eigenvalue weighted by molar-refractivity contribution is 6.05. The van der Waals surface area contributed by atoms with E-state index in [2.05, 4.69) is 21.6 Å². The van der Waals surface area contributed by atoms with Crippen molar-refractivity contribution in [2.75, 3.05) is 12.3 Å². The Morgan fingerprint density at radius 2 is 2.29 bits per heavy atom. The first-order valence-electron chi connectivity index (χ1n) is 7.44. The summed E-state index contributed by atoms with van der Waals surface area (Å²) in [5.41, 5.74) is 9.09. The first-order chi connectivity index (χ1) is 10.2. The molecule has 1 amide bonds. The van der Waals surface area contributed by atoms with Gasteiger partial charge in [0.25, 0.3) is 5.91 Å². The van der Waals surface area contributed by atoms with Crippen molar-refractivity contribution in [2.45, 2.75) is 32.1 Å². The molecule has 1 aromatic carbocycles. The van der Waals surface area contributed by atoms with Crippen molar-refractivity contribution < 1.29 is 4.79 Å². The van der Waals surface area contributed by atoms with Gasteiger partial charge in [0.2, 0.25) is 0 Å². The lowest BCUT2D eigenvalue weighted by atomic mass is 9.97. The van der Waals surface area contributed by atoms with Crippen molar-refractivity contribution in [3.63, 3.8) is 0 Å². The minimum Gasteiger partial charge on any atom is -0.399 e. The van der Waals surface area contributed by atoms with Gasteiger partial charge in [0.05, 0.1) is 5.52 Å². The molecule has 0 spiro atoms. The third-order valence-corrected chi connectivity index (χ3v) is 3.92. The zero-order valence-electron chi connectivity index (χ0n) is 12.0. The molecule has 0 fully saturated rings. The number of aromatic amines is 1. The number of anilines is 1. The maximum Gasteiger partial charge on any atom is 0.272 e. The molecule has 1 aliphatic rings. The fourth-order valence-electron chi connectivity index (χ4n) is 2.76. The van der Waals surface area contributed by atoms with Crippen molar-refractivity contribution in [2.24, 2.45) is 0 Å². The van der Waals surface area contributed by atoms with Crippen molar-refractivity contribution in [1.29, 1.82) is 0 Å². The monoisotopic (exact) mass is 284 g/mol. The number of fused-ring (bicyclic) bond motifs is 1. The van der Waals surface area contributed by atoms with Gasteiger partial charge in [-0.1, -0.05) is 11.6 Å². The summed E-state index contributed by atoms with van der Waals surface area (Å²) in [6, 6.07) is 5.40. The van der Waals surface area contributed by atoms with E-state index in [0.29, 0.717) is 17.9 Å². The number of carbonyl (C=O) groups is 1. The average Bonchev–Trinajstić information content (AvgIpc) is 2.91. The Morgan fingerprint density at radius 1 is 1.38 bits per heavy atom. The molecular formula is C16H20N4O. The van der Waals surface area contributed by atoms with Gasteiger partial charge >= 0.3 is 0 Å². The molecule has 3 rings (SSSR count). The largest absolute Gasteiger partial charge is 0.399 e. The number of allylic oxidation sites excluding steroid dienone is 1. The first kappa shape index (κ1) is 13.7. The topological polar surface area (TPSA) is 83.8 Å². The number of hydrogen-bond acceptors (Lipinski definition) is 3. The van der Waals surface area contributed by atoms with Crippen LogP contribution in [0.1, 0.15) is 42.6 Å². The summed E-state index contributed by atoms with van der Waals surface area (Å²) in [5, 5.41) is 10.7. The predicted octanol–water partition coefficient (Wildman–Crippen LogP) is 2.77. The van der Waals surface area contributed by atoms with Crippen LogP contribution in [0.5, 0.6) is 0 Å². The van der Waals surface area contributed by atoms with Crippen molar-refractivity contribution in [1.82, 2.24) is 15.5 Å². The molecule has 0 radical (unpaired) electrons. The number of hydrogen-bond donors (Lipinski definition) is 3. The van der Waals surface area contributed by atoms with Crippen molar-refractivity contribution >= 4 is 22.5 Å². The van der Waals surface area contributed by atoms with Crippen LogP contribution in [0.3, 0.4) is 0 Å². The van der Waals surface area contributed by atoms with Crippen molar-refractivity contribution in [3.05, 3.63) is 35.5 Å². The highest BCUT2D eigenvalue weighted by atomic mass is 16.1. The lowest BCUT2D eigenvalue weighted by molar-refractivity contribution is 0.0950. The molecule has 4 N–H and O–H groups in total. The van der Waals surface area contributed by atoms with Crippen LogP contribution in [0.2, 0.25) is 0 Å². The molecule has 2 aromatic rings. The normalized spacial score (nSPS) is 15.0. The molecule has 5 nitrogen and oxygen atoms in total. The zero-order valence-corrected chi connectivity index (χ0v) is 12.0. The minimum atomic E-state index is -0.150. The van der Waals surface area contributed by atoms with Gasteiger partial charge in [-0.3, -0.25) is 9.89 Å². The fourth-order valence-corrected chi connectivity index (χ4v) is 2.76. The van der Waals surface area contributed by atoms with Crippen LogP contribution in [-0.2, 0) is 0 Å². The summed E-state index contributed by atoms with van der Waals surface area (Å²) in [5.74, 6) is -0.150. The van der Waals surface area contributed by atoms with E-state index in [-0.39, 0.29) is 5.91 Å². The molecular weight excluding hydrogens is 264 g/mol. The second-order valence-corrected chi connectivity index (χ2v) is 5.49. The molecule has 0 bridgehead atoms. The van der Waals surface area contributed by atoms with Gasteiger partial charge in [-0.25, -0.2) is 0 Å². The highest BCUT2D eigenvalue weighted by Gasteiger charge is 2.14. The Hall–Kier alpha value is -2.30. The second-order valence-electron chi connectivity index (χ2n) is 5.49. The number of amides is 1. The van der Waals surface area contributed by atoms with Crippen LogP contribution >= 0.6 is 0 Å². The van der Waals surface area contributed by atoms with Crippen molar-refractivity contribution in [3.8, 4) is 0 Å². The van der Waals surface area contributed by atoms with Gasteiger partial charge in [-0.2, -0.15) is 5.10 Å². The number of benzene rings is 1. The van der Waals surface area contributed by atoms with Gasteiger partial charge in [0, 0.05) is 17.6 Å². The summed E-state index contributed by atoms with van der Waals surface area (Å²) >= 11 is 0. The van der Waals surface area contributed by atoms with E-state index in [1.54, 1.807) is 12.1 Å². The number of carbonyl (C=O) groups excluding carboxylic acids is 1. The minimum absolute atomic E-state index is 0.150. The van der Waals surface area contributed by atoms with E-state index in [1.807, 2.05) is 6.07 Å². The van der Waals surface area contributed by atoms with E-state index in [4.69, 9.17) is 5.73 Å². The Morgan fingerprint density at radius 3 is 3.10 bits per heavy atom. The summed E-state index contributed by atoms with van der Waals surface area (Å²) in [4.78, 5) is 12.2. The highest BCUT2D eigenvalue weighted by Crippen LogP contribution is 2.20. The predicted molar refractivity (Wildman–Crippen MR) is 84.0 cm³/mol. The number of nitrogens with zero attached hydrogens (tertiary/aromatic N) is 1. The molecule has 0 aliphatic heterocycles. The number of nitrogen functional groups attached to an aromatic ring is 1. The van der Waals surface area contributed by atoms with E-state index in [9.17, 15) is 4.79 Å². The maximum atomic E-state index is 12.2. The average molecular weight is 284 g/mol. The van der Waals surface area contributed by atoms with Crippen LogP contribution in [0.15, 0.2) is 29.8 Å². The Balaban J connectivity index is 1.64. The van der Waals surface area contributed by atoms with Crippen LogP contribution in [-0.4, -0.2) is 22.6 Å². The van der Waals surface area contributed by atoms with E-state index in [1.165, 1.54) is 24.8 Å². The maximum absolute atomic E-state index is 12.2. The third kappa shape index (κ3) is 3.07. The Kier molecular flexibility index (Phi) is 3.90. The molecule has 0 atom stereocenters. The van der Waals surface area contributed by atoms with Gasteiger partial charge < -0.3 is 11.1 Å². The van der Waals surface area contributed by atoms with E-state index in [0.717, 1.165) is 23.7 Å². The van der Waals surface area contributed by atoms with Crippen LogP contribution in [0.4, 0.5) is 5.69 Å². The number of rotatable bonds is 4. The number of nitrogens with one attached hydrogen (secondary N) is 2. The number of nitrogens with two attached hydrogens (primary N) is 1. The summed E-state index contributed by atoms with van der Waals surface area (Å²) in [6.07, 6.45) is 8.13. The van der Waals surface area contributed by atoms with Crippen LogP contribution in [0.25, 0.3) is 10.9 Å². The summed E-state index contributed by atoms with van der Waals surface area (Å²) in [7, 11) is 0. The molecule has 21 heavy (non-hydrogen) atoms. The number of aromatic nitrogens is 2. The van der Waals surface area contributed by atoms with E-state index < -0.39 is 0 Å². The molecule has 110 valence electrons. The lowest BCUT2D eigenvalue weighted by Gasteiger charge is -2.12. The molecule has 1 aromatic heterocycles. The van der Waals surface area contributed by atoms with Gasteiger partial charge in [0.1, 0.15) is 0 Å². The quantitative estimate of drug-likeness (QED) is 0.596. The molecule has 5 heteroatoms. The molecule has 0 saturated heterocycles. The smallest absolute Gasteiger partial charge is 0.272 e. The standard InChI is InChI=1S/C16H20N4O/c17-12-6-7-14-13(10-12)15(20-19-14)16(21)18-9-8-11-4-2-1-3-5-11/h4,6-7,10H,1-3,5,8-9,17H2,(H,18,21)(H,19,20). The second kappa shape index (κ2) is 5.99. The van der Waals surface area contributed by atoms with Gasteiger partial charge in [-0.05, 0) is 50.3 Å². The van der Waals surface area contributed by atoms with Gasteiger partial charge in [-0.15, -0.1) is 0 Å².